The molecular weight excluding hydrogens is 164 g/mol. The molecule has 13 heavy (non-hydrogen) atoms. The van der Waals surface area contributed by atoms with E-state index in [9.17, 15) is 4.79 Å². The predicted octanol–water partition coefficient (Wildman–Crippen LogP) is 1.65. The number of nitrogens with zero attached hydrogens (tertiary/aromatic N) is 2. The number of rotatable bonds is 1. The zero-order chi connectivity index (χ0) is 9.26. The molecule has 0 spiro atoms. The number of ketones is 1. The number of carbonyl (C=O) groups excluding carboxylic acids is 1. The molecule has 0 aliphatic heterocycles. The number of carbonyl (C=O) groups is 1. The van der Waals surface area contributed by atoms with Crippen molar-refractivity contribution < 1.29 is 4.79 Å². The van der Waals surface area contributed by atoms with E-state index in [0.29, 0.717) is 5.78 Å². The highest BCUT2D eigenvalue weighted by Gasteiger charge is 2.25. The Labute approximate surface area is 77.7 Å². The van der Waals surface area contributed by atoms with Gasteiger partial charge in [-0.1, -0.05) is 6.42 Å². The Morgan fingerprint density at radius 3 is 3.00 bits per heavy atom. The van der Waals surface area contributed by atoms with Gasteiger partial charge in [0, 0.05) is 25.4 Å². The molecule has 0 saturated heterocycles. The van der Waals surface area contributed by atoms with Crippen molar-refractivity contribution in [3.63, 3.8) is 0 Å². The summed E-state index contributed by atoms with van der Waals surface area (Å²) >= 11 is 0. The monoisotopic (exact) mass is 178 g/mol. The minimum Gasteiger partial charge on any atom is -0.299 e. The molecule has 0 amide bonds. The normalized spacial score (nSPS) is 23.5. The maximum Gasteiger partial charge on any atom is 0.141 e. The van der Waals surface area contributed by atoms with E-state index in [1.807, 2.05) is 17.8 Å². The third kappa shape index (κ3) is 1.50. The van der Waals surface area contributed by atoms with Gasteiger partial charge in [-0.3, -0.25) is 9.48 Å². The van der Waals surface area contributed by atoms with E-state index in [0.717, 1.165) is 25.0 Å². The van der Waals surface area contributed by atoms with Gasteiger partial charge in [-0.25, -0.2) is 0 Å². The fraction of sp³-hybridized carbons (Fsp3) is 0.600. The Morgan fingerprint density at radius 1 is 1.54 bits per heavy atom. The van der Waals surface area contributed by atoms with Crippen molar-refractivity contribution in [2.24, 2.45) is 7.05 Å². The van der Waals surface area contributed by atoms with E-state index >= 15 is 0 Å². The maximum absolute atomic E-state index is 11.6. The van der Waals surface area contributed by atoms with E-state index in [-0.39, 0.29) is 5.92 Å². The van der Waals surface area contributed by atoms with Crippen LogP contribution >= 0.6 is 0 Å². The zero-order valence-electron chi connectivity index (χ0n) is 7.86. The third-order valence-electron chi connectivity index (χ3n) is 2.77. The van der Waals surface area contributed by atoms with E-state index in [1.165, 1.54) is 6.42 Å². The van der Waals surface area contributed by atoms with Crippen LogP contribution < -0.4 is 0 Å². The highest BCUT2D eigenvalue weighted by molar-refractivity contribution is 5.85. The van der Waals surface area contributed by atoms with Crippen molar-refractivity contribution in [3.8, 4) is 0 Å². The molecule has 1 aliphatic carbocycles. The number of aromatic nitrogens is 2. The lowest BCUT2D eigenvalue weighted by Gasteiger charge is -2.20. The third-order valence-corrected chi connectivity index (χ3v) is 2.77. The van der Waals surface area contributed by atoms with Gasteiger partial charge in [-0.05, 0) is 18.9 Å². The second-order valence-electron chi connectivity index (χ2n) is 3.64. The Morgan fingerprint density at radius 2 is 2.38 bits per heavy atom. The molecule has 0 bridgehead atoms. The Bertz CT molecular complexity index is 316. The molecule has 1 heterocycles. The molecule has 1 unspecified atom stereocenters. The van der Waals surface area contributed by atoms with Crippen LogP contribution in [0.1, 0.15) is 37.3 Å². The van der Waals surface area contributed by atoms with Crippen LogP contribution in [0.5, 0.6) is 0 Å². The van der Waals surface area contributed by atoms with Crippen LogP contribution in [0.2, 0.25) is 0 Å². The molecule has 1 aromatic heterocycles. The topological polar surface area (TPSA) is 34.9 Å². The summed E-state index contributed by atoms with van der Waals surface area (Å²) in [6.07, 6.45) is 5.74. The van der Waals surface area contributed by atoms with E-state index in [1.54, 1.807) is 6.20 Å². The zero-order valence-corrected chi connectivity index (χ0v) is 7.86. The Hall–Kier alpha value is -1.12. The van der Waals surface area contributed by atoms with E-state index in [2.05, 4.69) is 5.10 Å². The fourth-order valence-electron chi connectivity index (χ4n) is 2.02. The molecule has 3 heteroatoms. The van der Waals surface area contributed by atoms with Crippen molar-refractivity contribution in [1.29, 1.82) is 0 Å². The van der Waals surface area contributed by atoms with Crippen LogP contribution in [0.15, 0.2) is 12.3 Å². The van der Waals surface area contributed by atoms with Crippen molar-refractivity contribution in [1.82, 2.24) is 9.78 Å². The van der Waals surface area contributed by atoms with Gasteiger partial charge in [0.1, 0.15) is 5.78 Å². The van der Waals surface area contributed by atoms with Gasteiger partial charge in [0.05, 0.1) is 5.92 Å². The maximum atomic E-state index is 11.6. The molecule has 2 rings (SSSR count). The van der Waals surface area contributed by atoms with Crippen LogP contribution in [-0.2, 0) is 11.8 Å². The molecule has 0 N–H and O–H groups in total. The molecule has 70 valence electrons. The number of hydrogen-bond acceptors (Lipinski definition) is 2. The standard InChI is InChI=1S/C10H14N2O/c1-12-9(6-7-11-12)8-4-2-3-5-10(8)13/h6-8H,2-5H2,1H3. The molecular formula is C10H14N2O. The average Bonchev–Trinajstić information content (AvgIpc) is 2.52. The second kappa shape index (κ2) is 3.32. The van der Waals surface area contributed by atoms with Crippen LogP contribution in [0.3, 0.4) is 0 Å². The molecule has 3 nitrogen and oxygen atoms in total. The first-order chi connectivity index (χ1) is 6.29. The predicted molar refractivity (Wildman–Crippen MR) is 49.4 cm³/mol. The smallest absolute Gasteiger partial charge is 0.141 e. The Kier molecular flexibility index (Phi) is 2.17. The van der Waals surface area contributed by atoms with Crippen molar-refractivity contribution in [2.75, 3.05) is 0 Å². The highest BCUT2D eigenvalue weighted by Crippen LogP contribution is 2.29. The number of hydrogen-bond donors (Lipinski definition) is 0. The summed E-state index contributed by atoms with van der Waals surface area (Å²) in [6, 6.07) is 1.95. The van der Waals surface area contributed by atoms with Crippen LogP contribution in [0.4, 0.5) is 0 Å². The van der Waals surface area contributed by atoms with Crippen molar-refractivity contribution in [2.45, 2.75) is 31.6 Å². The summed E-state index contributed by atoms with van der Waals surface area (Å²) in [6.45, 7) is 0. The summed E-state index contributed by atoms with van der Waals surface area (Å²) in [5.41, 5.74) is 1.07. The van der Waals surface area contributed by atoms with Gasteiger partial charge in [0.25, 0.3) is 0 Å². The lowest BCUT2D eigenvalue weighted by atomic mass is 9.86. The first kappa shape index (κ1) is 8.48. The molecule has 1 atom stereocenters. The lowest BCUT2D eigenvalue weighted by molar-refractivity contribution is -0.122. The SMILES string of the molecule is Cn1nccc1C1CCCCC1=O. The highest BCUT2D eigenvalue weighted by atomic mass is 16.1. The number of Topliss-reactive ketones (excluding diaryl/α,β-unsaturated/α-hetero) is 1. The average molecular weight is 178 g/mol. The minimum atomic E-state index is 0.112. The minimum absolute atomic E-state index is 0.112. The van der Waals surface area contributed by atoms with Gasteiger partial charge in [-0.2, -0.15) is 5.10 Å². The van der Waals surface area contributed by atoms with E-state index < -0.39 is 0 Å². The van der Waals surface area contributed by atoms with Gasteiger partial charge in [0.15, 0.2) is 0 Å². The molecule has 1 fully saturated rings. The molecule has 1 aliphatic rings. The van der Waals surface area contributed by atoms with Crippen LogP contribution in [0.25, 0.3) is 0 Å². The molecule has 0 aromatic carbocycles. The largest absolute Gasteiger partial charge is 0.299 e. The van der Waals surface area contributed by atoms with Gasteiger partial charge < -0.3 is 0 Å². The van der Waals surface area contributed by atoms with Gasteiger partial charge in [0.2, 0.25) is 0 Å². The quantitative estimate of drug-likeness (QED) is 0.655. The van der Waals surface area contributed by atoms with Gasteiger partial charge >= 0.3 is 0 Å². The lowest BCUT2D eigenvalue weighted by Crippen LogP contribution is -2.19. The first-order valence-corrected chi connectivity index (χ1v) is 4.79. The fourth-order valence-corrected chi connectivity index (χ4v) is 2.02. The second-order valence-corrected chi connectivity index (χ2v) is 3.64. The van der Waals surface area contributed by atoms with Crippen LogP contribution in [-0.4, -0.2) is 15.6 Å². The Balaban J connectivity index is 2.24. The molecule has 0 radical (unpaired) electrons. The van der Waals surface area contributed by atoms with Crippen molar-refractivity contribution in [3.05, 3.63) is 18.0 Å². The molecule has 1 saturated carbocycles. The summed E-state index contributed by atoms with van der Waals surface area (Å²) in [5.74, 6) is 0.496. The van der Waals surface area contributed by atoms with Gasteiger partial charge in [-0.15, -0.1) is 0 Å². The summed E-state index contributed by atoms with van der Waals surface area (Å²) in [4.78, 5) is 11.6. The summed E-state index contributed by atoms with van der Waals surface area (Å²) in [5, 5.41) is 4.09. The first-order valence-electron chi connectivity index (χ1n) is 4.79. The van der Waals surface area contributed by atoms with E-state index in [4.69, 9.17) is 0 Å². The van der Waals surface area contributed by atoms with Crippen molar-refractivity contribution >= 4 is 5.78 Å². The summed E-state index contributed by atoms with van der Waals surface area (Å²) in [7, 11) is 1.90. The van der Waals surface area contributed by atoms with Crippen LogP contribution in [0, 0.1) is 0 Å². The number of aryl methyl sites for hydroxylation is 1. The molecule has 1 aromatic rings. The summed E-state index contributed by atoms with van der Waals surface area (Å²) < 4.78 is 1.81.